The summed E-state index contributed by atoms with van der Waals surface area (Å²) in [5.41, 5.74) is 2.56. The van der Waals surface area contributed by atoms with Crippen LogP contribution in [0.2, 0.25) is 0 Å². The molecule has 2 N–H and O–H groups in total. The third-order valence-electron chi connectivity index (χ3n) is 6.39. The fraction of sp³-hybridized carbons (Fsp3) is 0.517. The normalized spacial score (nSPS) is 16.5. The number of ether oxygens (including phenoxy) is 3. The van der Waals surface area contributed by atoms with Crippen LogP contribution in [0.3, 0.4) is 0 Å². The van der Waals surface area contributed by atoms with Gasteiger partial charge in [-0.15, -0.1) is 0 Å². The number of carbonyl (C=O) groups excluding carboxylic acids is 2. The van der Waals surface area contributed by atoms with Gasteiger partial charge in [-0.2, -0.15) is 0 Å². The van der Waals surface area contributed by atoms with E-state index >= 15 is 0 Å². The van der Waals surface area contributed by atoms with Crippen molar-refractivity contribution in [1.82, 2.24) is 10.6 Å². The van der Waals surface area contributed by atoms with Crippen LogP contribution >= 0.6 is 0 Å². The zero-order chi connectivity index (χ0) is 26.3. The quantitative estimate of drug-likeness (QED) is 0.501. The number of nitrogens with one attached hydrogen (secondary N) is 2. The number of carbonyl (C=O) groups is 2. The van der Waals surface area contributed by atoms with Crippen LogP contribution in [0.15, 0.2) is 42.5 Å². The molecule has 2 unspecified atom stereocenters. The summed E-state index contributed by atoms with van der Waals surface area (Å²) in [4.78, 5) is 25.8. The Morgan fingerprint density at radius 3 is 2.39 bits per heavy atom. The molecule has 2 aromatic rings. The molecule has 0 spiro atoms. The minimum Gasteiger partial charge on any atom is -0.493 e. The van der Waals surface area contributed by atoms with Crippen LogP contribution in [0.4, 0.5) is 0 Å². The lowest BCUT2D eigenvalue weighted by molar-refractivity contribution is -0.124. The summed E-state index contributed by atoms with van der Waals surface area (Å²) in [7, 11) is 1.59. The molecule has 2 atom stereocenters. The lowest BCUT2D eigenvalue weighted by atomic mass is 9.86. The Morgan fingerprint density at radius 2 is 1.81 bits per heavy atom. The fourth-order valence-corrected chi connectivity index (χ4v) is 4.08. The molecule has 7 heteroatoms. The van der Waals surface area contributed by atoms with Crippen LogP contribution in [-0.4, -0.2) is 44.3 Å². The summed E-state index contributed by atoms with van der Waals surface area (Å²) in [6.07, 6.45) is 2.18. The SMILES string of the molecule is COc1cc(CNC(=O)C(NC(=O)c2ccc(C(C)(C)C)cc2)C(C)C)ccc1OCC1CCCO1. The van der Waals surface area contributed by atoms with Gasteiger partial charge in [0.05, 0.1) is 13.2 Å². The molecule has 2 amide bonds. The Kier molecular flexibility index (Phi) is 9.37. The minimum atomic E-state index is -0.657. The van der Waals surface area contributed by atoms with E-state index in [4.69, 9.17) is 14.2 Å². The fourth-order valence-electron chi connectivity index (χ4n) is 4.08. The number of hydrogen-bond donors (Lipinski definition) is 2. The first kappa shape index (κ1) is 27.5. The van der Waals surface area contributed by atoms with Gasteiger partial charge in [-0.3, -0.25) is 9.59 Å². The maximum Gasteiger partial charge on any atom is 0.251 e. The van der Waals surface area contributed by atoms with Gasteiger partial charge in [-0.1, -0.05) is 52.8 Å². The molecular formula is C29H40N2O5. The van der Waals surface area contributed by atoms with E-state index in [-0.39, 0.29) is 29.3 Å². The molecule has 1 fully saturated rings. The number of benzene rings is 2. The van der Waals surface area contributed by atoms with Gasteiger partial charge in [0, 0.05) is 18.7 Å². The first-order valence-corrected chi connectivity index (χ1v) is 12.7. The van der Waals surface area contributed by atoms with Gasteiger partial charge in [0.15, 0.2) is 11.5 Å². The summed E-state index contributed by atoms with van der Waals surface area (Å²) in [6.45, 7) is 11.8. The summed E-state index contributed by atoms with van der Waals surface area (Å²) in [5.74, 6) is 0.673. The van der Waals surface area contributed by atoms with Crippen LogP contribution in [0.25, 0.3) is 0 Å². The first-order chi connectivity index (χ1) is 17.1. The van der Waals surface area contributed by atoms with Gasteiger partial charge in [-0.05, 0) is 59.6 Å². The van der Waals surface area contributed by atoms with Crippen LogP contribution in [0, 0.1) is 5.92 Å². The molecule has 36 heavy (non-hydrogen) atoms. The van der Waals surface area contributed by atoms with E-state index in [9.17, 15) is 9.59 Å². The smallest absolute Gasteiger partial charge is 0.251 e. The average molecular weight is 497 g/mol. The van der Waals surface area contributed by atoms with Crippen LogP contribution in [-0.2, 0) is 21.5 Å². The predicted molar refractivity (Wildman–Crippen MR) is 141 cm³/mol. The summed E-state index contributed by atoms with van der Waals surface area (Å²) in [5, 5.41) is 5.84. The zero-order valence-corrected chi connectivity index (χ0v) is 22.4. The molecule has 2 aromatic carbocycles. The number of rotatable bonds is 10. The topological polar surface area (TPSA) is 85.9 Å². The van der Waals surface area contributed by atoms with Crippen molar-refractivity contribution < 1.29 is 23.8 Å². The van der Waals surface area contributed by atoms with Crippen LogP contribution in [0.5, 0.6) is 11.5 Å². The van der Waals surface area contributed by atoms with Gasteiger partial charge in [-0.25, -0.2) is 0 Å². The maximum atomic E-state index is 13.0. The van der Waals surface area contributed by atoms with E-state index in [1.54, 1.807) is 19.2 Å². The average Bonchev–Trinajstić information content (AvgIpc) is 3.37. The standard InChI is InChI=1S/C29H40N2O5/c1-19(2)26(31-27(32)21-10-12-22(13-11-21)29(3,4)5)28(33)30-17-20-9-14-24(25(16-20)34-6)36-18-23-8-7-15-35-23/h9-14,16,19,23,26H,7-8,15,17-18H2,1-6H3,(H,30,33)(H,31,32). The van der Waals surface area contributed by atoms with Gasteiger partial charge in [0.25, 0.3) is 5.91 Å². The molecule has 0 bridgehead atoms. The highest BCUT2D eigenvalue weighted by atomic mass is 16.5. The van der Waals surface area contributed by atoms with Crippen LogP contribution < -0.4 is 20.1 Å². The first-order valence-electron chi connectivity index (χ1n) is 12.7. The highest BCUT2D eigenvalue weighted by Crippen LogP contribution is 2.29. The molecule has 0 saturated carbocycles. The second-order valence-corrected chi connectivity index (χ2v) is 10.7. The summed E-state index contributed by atoms with van der Waals surface area (Å²) in [6, 6.07) is 12.5. The van der Waals surface area contributed by atoms with Crippen molar-refractivity contribution in [2.75, 3.05) is 20.3 Å². The predicted octanol–water partition coefficient (Wildman–Crippen LogP) is 4.62. The Balaban J connectivity index is 1.58. The second-order valence-electron chi connectivity index (χ2n) is 10.7. The van der Waals surface area contributed by atoms with Crippen molar-refractivity contribution >= 4 is 11.8 Å². The molecule has 0 radical (unpaired) electrons. The van der Waals surface area contributed by atoms with Crippen molar-refractivity contribution in [2.45, 2.75) is 71.6 Å². The molecule has 7 nitrogen and oxygen atoms in total. The molecule has 0 aromatic heterocycles. The number of hydrogen-bond acceptors (Lipinski definition) is 5. The lowest BCUT2D eigenvalue weighted by Crippen LogP contribution is -2.49. The van der Waals surface area contributed by atoms with Crippen molar-refractivity contribution in [3.8, 4) is 11.5 Å². The van der Waals surface area contributed by atoms with E-state index in [2.05, 4.69) is 31.4 Å². The maximum absolute atomic E-state index is 13.0. The molecular weight excluding hydrogens is 456 g/mol. The van der Waals surface area contributed by atoms with Gasteiger partial charge >= 0.3 is 0 Å². The Morgan fingerprint density at radius 1 is 1.08 bits per heavy atom. The largest absolute Gasteiger partial charge is 0.493 e. The van der Waals surface area contributed by atoms with Gasteiger partial charge in [0.1, 0.15) is 12.6 Å². The van der Waals surface area contributed by atoms with Crippen molar-refractivity contribution in [1.29, 1.82) is 0 Å². The van der Waals surface area contributed by atoms with Crippen molar-refractivity contribution in [2.24, 2.45) is 5.92 Å². The summed E-state index contributed by atoms with van der Waals surface area (Å²) >= 11 is 0. The summed E-state index contributed by atoms with van der Waals surface area (Å²) < 4.78 is 17.0. The molecule has 1 heterocycles. The van der Waals surface area contributed by atoms with E-state index in [0.717, 1.165) is 30.6 Å². The van der Waals surface area contributed by atoms with Crippen molar-refractivity contribution in [3.05, 3.63) is 59.2 Å². The highest BCUT2D eigenvalue weighted by molar-refractivity contribution is 5.97. The molecule has 196 valence electrons. The third-order valence-corrected chi connectivity index (χ3v) is 6.39. The van der Waals surface area contributed by atoms with E-state index in [1.165, 1.54) is 0 Å². The monoisotopic (exact) mass is 496 g/mol. The lowest BCUT2D eigenvalue weighted by Gasteiger charge is -2.23. The minimum absolute atomic E-state index is 0.00669. The zero-order valence-electron chi connectivity index (χ0n) is 22.4. The molecule has 0 aliphatic carbocycles. The van der Waals surface area contributed by atoms with Gasteiger partial charge < -0.3 is 24.8 Å². The number of methoxy groups -OCH3 is 1. The van der Waals surface area contributed by atoms with Crippen LogP contribution in [0.1, 0.15) is 68.9 Å². The van der Waals surface area contributed by atoms with E-state index in [1.807, 2.05) is 44.2 Å². The Labute approximate surface area is 214 Å². The molecule has 3 rings (SSSR count). The Hall–Kier alpha value is -3.06. The van der Waals surface area contributed by atoms with Gasteiger partial charge in [0.2, 0.25) is 5.91 Å². The highest BCUT2D eigenvalue weighted by Gasteiger charge is 2.25. The third kappa shape index (κ3) is 7.47. The second kappa shape index (κ2) is 12.3. The molecule has 1 aliphatic heterocycles. The molecule has 1 aliphatic rings. The van der Waals surface area contributed by atoms with E-state index in [0.29, 0.717) is 30.2 Å². The number of amides is 2. The van der Waals surface area contributed by atoms with E-state index < -0.39 is 6.04 Å². The van der Waals surface area contributed by atoms with Crippen molar-refractivity contribution in [3.63, 3.8) is 0 Å². The Bertz CT molecular complexity index is 1020. The molecule has 1 saturated heterocycles.